The first kappa shape index (κ1) is 17.2. The molecule has 1 aliphatic heterocycles. The Kier molecular flexibility index (Phi) is 5.17. The van der Waals surface area contributed by atoms with Crippen LogP contribution in [0.4, 0.5) is 0 Å². The van der Waals surface area contributed by atoms with Crippen molar-refractivity contribution in [2.24, 2.45) is 5.92 Å². The monoisotopic (exact) mass is 337 g/mol. The lowest BCUT2D eigenvalue weighted by Gasteiger charge is -2.25. The Bertz CT molecular complexity index is 739. The molecular formula is C21H23NO3. The first-order valence-corrected chi connectivity index (χ1v) is 8.73. The van der Waals surface area contributed by atoms with Crippen LogP contribution in [0.15, 0.2) is 54.6 Å². The molecule has 0 radical (unpaired) electrons. The van der Waals surface area contributed by atoms with Gasteiger partial charge in [-0.25, -0.2) is 0 Å². The van der Waals surface area contributed by atoms with Crippen molar-refractivity contribution >= 4 is 11.9 Å². The fourth-order valence-electron chi connectivity index (χ4n) is 3.17. The summed E-state index contributed by atoms with van der Waals surface area (Å²) in [5.41, 5.74) is 2.26. The van der Waals surface area contributed by atoms with Crippen LogP contribution < -0.4 is 4.74 Å². The molecule has 0 unspecified atom stereocenters. The second-order valence-electron chi connectivity index (χ2n) is 6.45. The quantitative estimate of drug-likeness (QED) is 0.616. The Morgan fingerprint density at radius 3 is 2.48 bits per heavy atom. The summed E-state index contributed by atoms with van der Waals surface area (Å²) in [5.74, 6) is -0.214. The van der Waals surface area contributed by atoms with Crippen LogP contribution in [0.1, 0.15) is 37.4 Å². The third kappa shape index (κ3) is 3.90. The zero-order valence-corrected chi connectivity index (χ0v) is 14.6. The number of carbonyl (C=O) groups is 2. The van der Waals surface area contributed by atoms with Crippen LogP contribution in [0.5, 0.6) is 5.75 Å². The highest BCUT2D eigenvalue weighted by atomic mass is 16.5. The van der Waals surface area contributed by atoms with Crippen molar-refractivity contribution in [2.75, 3.05) is 6.54 Å². The number of nitrogens with zero attached hydrogens (tertiary/aromatic N) is 1. The van der Waals surface area contributed by atoms with E-state index in [0.29, 0.717) is 12.3 Å². The minimum atomic E-state index is -0.412. The summed E-state index contributed by atoms with van der Waals surface area (Å²) in [4.78, 5) is 26.5. The van der Waals surface area contributed by atoms with Gasteiger partial charge in [0.05, 0.1) is 12.0 Å². The summed E-state index contributed by atoms with van der Waals surface area (Å²) in [7, 11) is 0. The summed E-state index contributed by atoms with van der Waals surface area (Å²) in [5, 5.41) is 0. The van der Waals surface area contributed by atoms with Gasteiger partial charge in [-0.3, -0.25) is 9.59 Å². The topological polar surface area (TPSA) is 46.6 Å². The van der Waals surface area contributed by atoms with Gasteiger partial charge in [0.1, 0.15) is 5.75 Å². The van der Waals surface area contributed by atoms with Gasteiger partial charge in [-0.2, -0.15) is 0 Å². The molecular weight excluding hydrogens is 314 g/mol. The summed E-state index contributed by atoms with van der Waals surface area (Å²) in [6.07, 6.45) is 1.15. The molecule has 0 aliphatic carbocycles. The van der Waals surface area contributed by atoms with Crippen LogP contribution in [-0.2, 0) is 16.0 Å². The summed E-state index contributed by atoms with van der Waals surface area (Å²) < 4.78 is 5.46. The Morgan fingerprint density at radius 2 is 1.84 bits per heavy atom. The average Bonchev–Trinajstić information content (AvgIpc) is 3.04. The zero-order chi connectivity index (χ0) is 17.8. The fourth-order valence-corrected chi connectivity index (χ4v) is 3.17. The summed E-state index contributed by atoms with van der Waals surface area (Å²) in [6, 6.07) is 17.3. The van der Waals surface area contributed by atoms with Crippen molar-refractivity contribution < 1.29 is 14.3 Å². The highest BCUT2D eigenvalue weighted by molar-refractivity contribution is 5.87. The van der Waals surface area contributed by atoms with Crippen molar-refractivity contribution in [3.05, 3.63) is 65.7 Å². The molecule has 25 heavy (non-hydrogen) atoms. The van der Waals surface area contributed by atoms with E-state index in [1.54, 1.807) is 17.0 Å². The van der Waals surface area contributed by atoms with Crippen LogP contribution in [0, 0.1) is 5.92 Å². The van der Waals surface area contributed by atoms with Crippen molar-refractivity contribution in [1.82, 2.24) is 4.90 Å². The van der Waals surface area contributed by atoms with Gasteiger partial charge in [0.15, 0.2) is 0 Å². The maximum atomic E-state index is 12.4. The van der Waals surface area contributed by atoms with E-state index in [9.17, 15) is 9.59 Å². The highest BCUT2D eigenvalue weighted by Crippen LogP contribution is 2.29. The number of esters is 1. The largest absolute Gasteiger partial charge is 0.426 e. The predicted octanol–water partition coefficient (Wildman–Crippen LogP) is 3.76. The van der Waals surface area contributed by atoms with E-state index in [2.05, 4.69) is 6.92 Å². The molecule has 2 aromatic carbocycles. The molecule has 1 amide bonds. The van der Waals surface area contributed by atoms with Gasteiger partial charge in [0.25, 0.3) is 0 Å². The minimum absolute atomic E-state index is 0.000339. The molecule has 1 heterocycles. The van der Waals surface area contributed by atoms with Gasteiger partial charge < -0.3 is 9.64 Å². The third-order valence-electron chi connectivity index (χ3n) is 4.79. The van der Waals surface area contributed by atoms with Crippen molar-refractivity contribution in [3.63, 3.8) is 0 Å². The second kappa shape index (κ2) is 7.51. The first-order valence-electron chi connectivity index (χ1n) is 8.73. The highest BCUT2D eigenvalue weighted by Gasteiger charge is 2.38. The van der Waals surface area contributed by atoms with Crippen LogP contribution >= 0.6 is 0 Å². The van der Waals surface area contributed by atoms with E-state index in [4.69, 9.17) is 4.74 Å². The SMILES string of the molecule is CCc1ccc(OC(=O)[C@@H]2CC(=O)N([C@@H](C)c3ccccc3)C2)cc1. The van der Waals surface area contributed by atoms with Crippen LogP contribution in [0.2, 0.25) is 0 Å². The molecule has 1 fully saturated rings. The van der Waals surface area contributed by atoms with Gasteiger partial charge in [0.2, 0.25) is 5.91 Å². The van der Waals surface area contributed by atoms with Crippen molar-refractivity contribution in [1.29, 1.82) is 0 Å². The first-order chi connectivity index (χ1) is 12.1. The van der Waals surface area contributed by atoms with Crippen LogP contribution in [0.25, 0.3) is 0 Å². The van der Waals surface area contributed by atoms with E-state index in [1.165, 1.54) is 5.56 Å². The van der Waals surface area contributed by atoms with Crippen molar-refractivity contribution in [2.45, 2.75) is 32.7 Å². The number of hydrogen-bond acceptors (Lipinski definition) is 3. The minimum Gasteiger partial charge on any atom is -0.426 e. The Morgan fingerprint density at radius 1 is 1.16 bits per heavy atom. The molecule has 2 atom stereocenters. The van der Waals surface area contributed by atoms with E-state index < -0.39 is 5.92 Å². The number of ether oxygens (including phenoxy) is 1. The molecule has 0 saturated carbocycles. The molecule has 0 aromatic heterocycles. The van der Waals surface area contributed by atoms with Gasteiger partial charge >= 0.3 is 5.97 Å². The van der Waals surface area contributed by atoms with E-state index >= 15 is 0 Å². The van der Waals surface area contributed by atoms with E-state index in [0.717, 1.165) is 12.0 Å². The van der Waals surface area contributed by atoms with E-state index in [-0.39, 0.29) is 24.3 Å². The number of amides is 1. The van der Waals surface area contributed by atoms with Gasteiger partial charge in [-0.1, -0.05) is 49.4 Å². The molecule has 130 valence electrons. The number of aryl methyl sites for hydroxylation is 1. The van der Waals surface area contributed by atoms with Crippen molar-refractivity contribution in [3.8, 4) is 5.75 Å². The van der Waals surface area contributed by atoms with Gasteiger partial charge in [0, 0.05) is 13.0 Å². The molecule has 2 aromatic rings. The van der Waals surface area contributed by atoms with Crippen LogP contribution in [0.3, 0.4) is 0 Å². The van der Waals surface area contributed by atoms with E-state index in [1.807, 2.05) is 49.4 Å². The molecule has 4 heteroatoms. The fraction of sp³-hybridized carbons (Fsp3) is 0.333. The standard InChI is InChI=1S/C21H23NO3/c1-3-16-9-11-19(12-10-16)25-21(24)18-13-20(23)22(14-18)15(2)17-7-5-4-6-8-17/h4-12,15,18H,3,13-14H2,1-2H3/t15-,18+/m0/s1. The number of benzene rings is 2. The summed E-state index contributed by atoms with van der Waals surface area (Å²) in [6.45, 7) is 4.47. The lowest BCUT2D eigenvalue weighted by atomic mass is 10.1. The molecule has 0 bridgehead atoms. The number of rotatable bonds is 5. The Labute approximate surface area is 148 Å². The smallest absolute Gasteiger partial charge is 0.316 e. The number of likely N-dealkylation sites (tertiary alicyclic amines) is 1. The molecule has 0 N–H and O–H groups in total. The number of carbonyl (C=O) groups excluding carboxylic acids is 2. The molecule has 4 nitrogen and oxygen atoms in total. The predicted molar refractivity (Wildman–Crippen MR) is 96.1 cm³/mol. The molecule has 3 rings (SSSR count). The van der Waals surface area contributed by atoms with Gasteiger partial charge in [-0.15, -0.1) is 0 Å². The zero-order valence-electron chi connectivity index (χ0n) is 14.6. The lowest BCUT2D eigenvalue weighted by molar-refractivity contribution is -0.139. The maximum absolute atomic E-state index is 12.4. The number of hydrogen-bond donors (Lipinski definition) is 0. The lowest BCUT2D eigenvalue weighted by Crippen LogP contribution is -2.30. The Balaban J connectivity index is 1.64. The molecule has 1 saturated heterocycles. The molecule has 0 spiro atoms. The molecule has 1 aliphatic rings. The van der Waals surface area contributed by atoms with Gasteiger partial charge in [-0.05, 0) is 36.6 Å². The Hall–Kier alpha value is -2.62. The normalized spacial score (nSPS) is 18.2. The average molecular weight is 337 g/mol. The van der Waals surface area contributed by atoms with Crippen LogP contribution in [-0.4, -0.2) is 23.3 Å². The summed E-state index contributed by atoms with van der Waals surface area (Å²) >= 11 is 0. The third-order valence-corrected chi connectivity index (χ3v) is 4.79. The second-order valence-corrected chi connectivity index (χ2v) is 6.45. The maximum Gasteiger partial charge on any atom is 0.316 e.